The summed E-state index contributed by atoms with van der Waals surface area (Å²) in [5, 5.41) is 2.90. The lowest BCUT2D eigenvalue weighted by molar-refractivity contribution is -0.122. The number of carbonyl (C=O) groups excluding carboxylic acids is 2. The number of fused-ring (bicyclic) bond motifs is 1. The number of hydrogen-bond acceptors (Lipinski definition) is 4. The van der Waals surface area contributed by atoms with Gasteiger partial charge in [0.15, 0.2) is 6.10 Å². The number of nitrogens with one attached hydrogen (secondary N) is 1. The molecule has 0 bridgehead atoms. The van der Waals surface area contributed by atoms with Crippen LogP contribution >= 0.6 is 0 Å². The first-order valence-corrected chi connectivity index (χ1v) is 12.0. The Morgan fingerprint density at radius 1 is 0.943 bits per heavy atom. The third-order valence-corrected chi connectivity index (χ3v) is 6.51. The Kier molecular flexibility index (Phi) is 6.77. The molecule has 3 aromatic rings. The molecule has 35 heavy (non-hydrogen) atoms. The van der Waals surface area contributed by atoms with Gasteiger partial charge in [0.2, 0.25) is 0 Å². The summed E-state index contributed by atoms with van der Waals surface area (Å²) in [6.45, 7) is 3.64. The average molecular weight is 474 g/mol. The second-order valence-electron chi connectivity index (χ2n) is 9.04. The number of ether oxygens (including phenoxy) is 1. The Morgan fingerprint density at radius 2 is 1.77 bits per heavy atom. The maximum Gasteiger partial charge on any atom is 0.265 e. The summed E-state index contributed by atoms with van der Waals surface area (Å²) in [7, 11) is 0. The van der Waals surface area contributed by atoms with Crippen LogP contribution in [-0.4, -0.2) is 53.9 Å². The molecule has 2 heterocycles. The van der Waals surface area contributed by atoms with Crippen molar-refractivity contribution < 1.29 is 18.7 Å². The van der Waals surface area contributed by atoms with Crippen LogP contribution in [0.15, 0.2) is 72.8 Å². The molecule has 1 N–H and O–H groups in total. The zero-order valence-electron chi connectivity index (χ0n) is 19.5. The van der Waals surface area contributed by atoms with E-state index in [1.807, 2.05) is 29.2 Å². The number of carbonyl (C=O) groups is 2. The zero-order valence-corrected chi connectivity index (χ0v) is 19.5. The van der Waals surface area contributed by atoms with E-state index in [9.17, 15) is 14.0 Å². The normalized spacial score (nSPS) is 17.9. The molecule has 5 rings (SSSR count). The van der Waals surface area contributed by atoms with Gasteiger partial charge < -0.3 is 15.0 Å². The molecule has 1 unspecified atom stereocenters. The fourth-order valence-electron chi connectivity index (χ4n) is 4.64. The second-order valence-corrected chi connectivity index (χ2v) is 9.04. The van der Waals surface area contributed by atoms with Crippen molar-refractivity contribution in [3.63, 3.8) is 0 Å². The smallest absolute Gasteiger partial charge is 0.265 e. The lowest BCUT2D eigenvalue weighted by Crippen LogP contribution is -2.35. The van der Waals surface area contributed by atoms with E-state index in [1.54, 1.807) is 36.4 Å². The molecule has 0 aliphatic carbocycles. The number of anilines is 1. The maximum atomic E-state index is 13.2. The summed E-state index contributed by atoms with van der Waals surface area (Å²) in [4.78, 5) is 30.1. The zero-order chi connectivity index (χ0) is 24.2. The van der Waals surface area contributed by atoms with Gasteiger partial charge in [-0.1, -0.05) is 36.4 Å². The quantitative estimate of drug-likeness (QED) is 0.606. The van der Waals surface area contributed by atoms with Gasteiger partial charge in [0.25, 0.3) is 11.8 Å². The Bertz CT molecular complexity index is 1190. The molecule has 2 amide bonds. The summed E-state index contributed by atoms with van der Waals surface area (Å²) >= 11 is 0. The summed E-state index contributed by atoms with van der Waals surface area (Å²) in [5.41, 5.74) is 3.20. The molecule has 1 fully saturated rings. The van der Waals surface area contributed by atoms with Gasteiger partial charge in [0, 0.05) is 50.4 Å². The minimum Gasteiger partial charge on any atom is -0.480 e. The monoisotopic (exact) mass is 473 g/mol. The molecule has 6 nitrogen and oxygen atoms in total. The molecule has 7 heteroatoms. The van der Waals surface area contributed by atoms with Crippen molar-refractivity contribution in [1.82, 2.24) is 9.80 Å². The van der Waals surface area contributed by atoms with Crippen LogP contribution in [0, 0.1) is 5.82 Å². The van der Waals surface area contributed by atoms with Crippen LogP contribution in [-0.2, 0) is 17.8 Å². The Balaban J connectivity index is 1.18. The number of amides is 2. The highest BCUT2D eigenvalue weighted by atomic mass is 19.1. The molecule has 0 radical (unpaired) electrons. The predicted octanol–water partition coefficient (Wildman–Crippen LogP) is 4.12. The summed E-state index contributed by atoms with van der Waals surface area (Å²) in [6.07, 6.45) is 0.815. The maximum absolute atomic E-state index is 13.2. The third-order valence-electron chi connectivity index (χ3n) is 6.51. The lowest BCUT2D eigenvalue weighted by Gasteiger charge is -2.22. The highest BCUT2D eigenvalue weighted by Crippen LogP contribution is 2.28. The van der Waals surface area contributed by atoms with E-state index in [0.717, 1.165) is 42.9 Å². The molecular weight excluding hydrogens is 445 g/mol. The van der Waals surface area contributed by atoms with E-state index in [2.05, 4.69) is 10.2 Å². The van der Waals surface area contributed by atoms with Crippen LogP contribution in [0.25, 0.3) is 0 Å². The van der Waals surface area contributed by atoms with Crippen molar-refractivity contribution in [3.8, 4) is 5.75 Å². The van der Waals surface area contributed by atoms with Crippen LogP contribution in [0.4, 0.5) is 10.1 Å². The fourth-order valence-corrected chi connectivity index (χ4v) is 4.64. The van der Waals surface area contributed by atoms with Crippen molar-refractivity contribution in [3.05, 3.63) is 95.3 Å². The highest BCUT2D eigenvalue weighted by molar-refractivity contribution is 5.98. The Morgan fingerprint density at radius 3 is 2.60 bits per heavy atom. The third kappa shape index (κ3) is 5.52. The molecular formula is C28H28FN3O3. The first-order chi connectivity index (χ1) is 17.0. The van der Waals surface area contributed by atoms with Crippen LogP contribution in [0.3, 0.4) is 0 Å². The Hall–Kier alpha value is -3.71. The summed E-state index contributed by atoms with van der Waals surface area (Å²) in [5.74, 6) is 0.234. The van der Waals surface area contributed by atoms with Gasteiger partial charge in [0.1, 0.15) is 11.6 Å². The molecule has 0 aromatic heterocycles. The van der Waals surface area contributed by atoms with E-state index >= 15 is 0 Å². The minimum atomic E-state index is -0.579. The van der Waals surface area contributed by atoms with Gasteiger partial charge in [0.05, 0.1) is 0 Å². The number of hydrogen-bond donors (Lipinski definition) is 1. The number of halogens is 1. The topological polar surface area (TPSA) is 61.9 Å². The van der Waals surface area contributed by atoms with Gasteiger partial charge >= 0.3 is 0 Å². The Labute approximate surface area is 204 Å². The van der Waals surface area contributed by atoms with Crippen LogP contribution < -0.4 is 10.1 Å². The number of rotatable bonds is 5. The van der Waals surface area contributed by atoms with Gasteiger partial charge in [-0.25, -0.2) is 4.39 Å². The summed E-state index contributed by atoms with van der Waals surface area (Å²) < 4.78 is 19.0. The predicted molar refractivity (Wildman–Crippen MR) is 132 cm³/mol. The van der Waals surface area contributed by atoms with E-state index in [4.69, 9.17) is 4.74 Å². The van der Waals surface area contributed by atoms with E-state index < -0.39 is 6.10 Å². The van der Waals surface area contributed by atoms with E-state index in [-0.39, 0.29) is 17.6 Å². The fraction of sp³-hybridized carbons (Fsp3) is 0.286. The average Bonchev–Trinajstić information content (AvgIpc) is 3.18. The minimum absolute atomic E-state index is 0.0470. The van der Waals surface area contributed by atoms with Crippen LogP contribution in [0.2, 0.25) is 0 Å². The van der Waals surface area contributed by atoms with Crippen molar-refractivity contribution in [1.29, 1.82) is 0 Å². The number of nitrogens with zero attached hydrogens (tertiary/aromatic N) is 2. The van der Waals surface area contributed by atoms with Gasteiger partial charge in [-0.2, -0.15) is 0 Å². The van der Waals surface area contributed by atoms with Crippen molar-refractivity contribution in [2.75, 3.05) is 31.5 Å². The highest BCUT2D eigenvalue weighted by Gasteiger charge is 2.29. The molecule has 1 saturated heterocycles. The van der Waals surface area contributed by atoms with E-state index in [1.165, 1.54) is 12.1 Å². The largest absolute Gasteiger partial charge is 0.480 e. The van der Waals surface area contributed by atoms with Gasteiger partial charge in [-0.3, -0.25) is 14.5 Å². The van der Waals surface area contributed by atoms with Gasteiger partial charge in [-0.05, 0) is 53.9 Å². The van der Waals surface area contributed by atoms with Crippen molar-refractivity contribution in [2.45, 2.75) is 25.5 Å². The molecule has 0 spiro atoms. The molecule has 2 aliphatic heterocycles. The molecule has 180 valence electrons. The van der Waals surface area contributed by atoms with Crippen LogP contribution in [0.5, 0.6) is 5.75 Å². The van der Waals surface area contributed by atoms with Crippen molar-refractivity contribution >= 4 is 17.5 Å². The van der Waals surface area contributed by atoms with Crippen molar-refractivity contribution in [2.24, 2.45) is 0 Å². The van der Waals surface area contributed by atoms with Crippen LogP contribution in [0.1, 0.15) is 27.9 Å². The first-order valence-electron chi connectivity index (χ1n) is 12.0. The first kappa shape index (κ1) is 23.1. The standard InChI is InChI=1S/C28H28FN3O3/c29-23-11-9-20(10-12-23)19-31-13-4-14-32(16-15-31)28(34)22-6-3-7-24(17-22)30-27(33)26-18-21-5-1-2-8-25(21)35-26/h1-3,5-12,17,26H,4,13-16,18-19H2,(H,30,33). The second kappa shape index (κ2) is 10.3. The molecule has 3 aromatic carbocycles. The molecule has 1 atom stereocenters. The SMILES string of the molecule is O=C(Nc1cccc(C(=O)N2CCCN(Cc3ccc(F)cc3)CC2)c1)C1Cc2ccccc2O1. The van der Waals surface area contributed by atoms with Gasteiger partial charge in [-0.15, -0.1) is 0 Å². The molecule has 2 aliphatic rings. The number of benzene rings is 3. The van der Waals surface area contributed by atoms with E-state index in [0.29, 0.717) is 30.8 Å². The number of para-hydroxylation sites is 1. The molecule has 0 saturated carbocycles. The lowest BCUT2D eigenvalue weighted by atomic mass is 10.1. The summed E-state index contributed by atoms with van der Waals surface area (Å²) in [6, 6.07) is 21.3.